The van der Waals surface area contributed by atoms with Crippen molar-refractivity contribution >= 4 is 15.9 Å². The molecular formula is C9H13BrF2. The minimum Gasteiger partial charge on any atom is -0.206 e. The molecule has 2 fully saturated rings. The maximum absolute atomic E-state index is 12.9. The Morgan fingerprint density at radius 3 is 2.08 bits per heavy atom. The zero-order valence-corrected chi connectivity index (χ0v) is 8.54. The average molecular weight is 239 g/mol. The predicted molar refractivity (Wildman–Crippen MR) is 47.7 cm³/mol. The van der Waals surface area contributed by atoms with E-state index in [9.17, 15) is 8.78 Å². The molecule has 0 nitrogen and oxygen atoms in total. The first-order valence-corrected chi connectivity index (χ1v) is 5.66. The van der Waals surface area contributed by atoms with Gasteiger partial charge >= 0.3 is 0 Å². The van der Waals surface area contributed by atoms with Crippen molar-refractivity contribution in [2.45, 2.75) is 38.0 Å². The van der Waals surface area contributed by atoms with E-state index in [1.165, 1.54) is 0 Å². The molecule has 0 aliphatic heterocycles. The molecule has 0 aromatic heterocycles. The number of rotatable bonds is 1. The first-order valence-electron chi connectivity index (χ1n) is 4.53. The zero-order chi connectivity index (χ0) is 8.82. The van der Waals surface area contributed by atoms with E-state index in [0.29, 0.717) is 5.92 Å². The van der Waals surface area contributed by atoms with Crippen LogP contribution in [-0.2, 0) is 0 Å². The fourth-order valence-electron chi connectivity index (χ4n) is 2.31. The van der Waals surface area contributed by atoms with Crippen LogP contribution >= 0.6 is 15.9 Å². The van der Waals surface area contributed by atoms with Gasteiger partial charge in [-0.05, 0) is 31.6 Å². The molecule has 12 heavy (non-hydrogen) atoms. The third-order valence-electron chi connectivity index (χ3n) is 3.49. The molecule has 0 aromatic rings. The van der Waals surface area contributed by atoms with Crippen LogP contribution in [0.5, 0.6) is 0 Å². The van der Waals surface area contributed by atoms with Gasteiger partial charge in [-0.25, -0.2) is 8.78 Å². The van der Waals surface area contributed by atoms with Crippen LogP contribution in [0, 0.1) is 11.3 Å². The highest BCUT2D eigenvalue weighted by Crippen LogP contribution is 2.67. The SMILES string of the molecule is FC1(F)CC12CCC(CBr)CC2. The van der Waals surface area contributed by atoms with Gasteiger partial charge in [0.2, 0.25) is 0 Å². The zero-order valence-electron chi connectivity index (χ0n) is 6.95. The van der Waals surface area contributed by atoms with E-state index in [4.69, 9.17) is 0 Å². The van der Waals surface area contributed by atoms with Gasteiger partial charge in [0, 0.05) is 17.2 Å². The normalized spacial score (nSPS) is 44.8. The van der Waals surface area contributed by atoms with Crippen LogP contribution in [0.4, 0.5) is 8.78 Å². The van der Waals surface area contributed by atoms with Crippen molar-refractivity contribution in [1.29, 1.82) is 0 Å². The molecule has 0 atom stereocenters. The lowest BCUT2D eigenvalue weighted by Gasteiger charge is -2.27. The van der Waals surface area contributed by atoms with E-state index in [1.807, 2.05) is 0 Å². The van der Waals surface area contributed by atoms with Crippen LogP contribution in [0.25, 0.3) is 0 Å². The molecule has 0 aromatic carbocycles. The second-order valence-corrected chi connectivity index (χ2v) is 4.91. The van der Waals surface area contributed by atoms with Gasteiger partial charge in [0.15, 0.2) is 0 Å². The van der Waals surface area contributed by atoms with Crippen LogP contribution in [0.1, 0.15) is 32.1 Å². The minimum absolute atomic E-state index is 0.162. The molecule has 0 heterocycles. The van der Waals surface area contributed by atoms with Gasteiger partial charge in [0.05, 0.1) is 0 Å². The van der Waals surface area contributed by atoms with Crippen molar-refractivity contribution in [2.24, 2.45) is 11.3 Å². The molecule has 2 aliphatic carbocycles. The van der Waals surface area contributed by atoms with Gasteiger partial charge in [-0.2, -0.15) is 0 Å². The summed E-state index contributed by atoms with van der Waals surface area (Å²) in [7, 11) is 0. The Morgan fingerprint density at radius 1 is 1.25 bits per heavy atom. The van der Waals surface area contributed by atoms with Crippen LogP contribution < -0.4 is 0 Å². The smallest absolute Gasteiger partial charge is 0.206 e. The van der Waals surface area contributed by atoms with Crippen LogP contribution in [0.15, 0.2) is 0 Å². The molecule has 0 radical (unpaired) electrons. The topological polar surface area (TPSA) is 0 Å². The van der Waals surface area contributed by atoms with Crippen molar-refractivity contribution < 1.29 is 8.78 Å². The van der Waals surface area contributed by atoms with Crippen LogP contribution in [-0.4, -0.2) is 11.3 Å². The van der Waals surface area contributed by atoms with Crippen molar-refractivity contribution in [1.82, 2.24) is 0 Å². The van der Waals surface area contributed by atoms with E-state index in [-0.39, 0.29) is 6.42 Å². The summed E-state index contributed by atoms with van der Waals surface area (Å²) in [5, 5.41) is 0.981. The standard InChI is InChI=1S/C9H13BrF2/c10-5-7-1-3-8(4-2-7)6-9(8,11)12/h7H,1-6H2. The molecule has 2 aliphatic rings. The molecule has 0 unspecified atom stereocenters. The second kappa shape index (κ2) is 2.66. The lowest BCUT2D eigenvalue weighted by Crippen LogP contribution is -2.21. The van der Waals surface area contributed by atoms with Gasteiger partial charge in [-0.3, -0.25) is 0 Å². The average Bonchev–Trinajstić information content (AvgIpc) is 2.55. The lowest BCUT2D eigenvalue weighted by molar-refractivity contribution is 0.0424. The van der Waals surface area contributed by atoms with Gasteiger partial charge in [-0.1, -0.05) is 15.9 Å². The van der Waals surface area contributed by atoms with Crippen molar-refractivity contribution in [3.63, 3.8) is 0 Å². The van der Waals surface area contributed by atoms with Crippen molar-refractivity contribution in [2.75, 3.05) is 5.33 Å². The van der Waals surface area contributed by atoms with E-state index in [0.717, 1.165) is 31.0 Å². The number of halogens is 3. The summed E-state index contributed by atoms with van der Waals surface area (Å²) in [6.07, 6.45) is 3.63. The highest BCUT2D eigenvalue weighted by atomic mass is 79.9. The Morgan fingerprint density at radius 2 is 1.75 bits per heavy atom. The summed E-state index contributed by atoms with van der Waals surface area (Å²) in [6.45, 7) is 0. The Kier molecular flexibility index (Phi) is 1.98. The molecule has 0 N–H and O–H groups in total. The minimum atomic E-state index is -2.32. The fourth-order valence-corrected chi connectivity index (χ4v) is 2.96. The van der Waals surface area contributed by atoms with E-state index >= 15 is 0 Å². The van der Waals surface area contributed by atoms with E-state index < -0.39 is 11.3 Å². The maximum Gasteiger partial charge on any atom is 0.254 e. The molecule has 1 spiro atoms. The molecule has 0 amide bonds. The largest absolute Gasteiger partial charge is 0.254 e. The Labute approximate surface area is 79.8 Å². The predicted octanol–water partition coefficient (Wildman–Crippen LogP) is 3.60. The molecular weight excluding hydrogens is 226 g/mol. The Bertz CT molecular complexity index is 183. The molecule has 0 bridgehead atoms. The Balaban J connectivity index is 1.92. The summed E-state index contributed by atoms with van der Waals surface area (Å²) in [4.78, 5) is 0. The number of alkyl halides is 3. The van der Waals surface area contributed by atoms with Gasteiger partial charge < -0.3 is 0 Å². The quantitative estimate of drug-likeness (QED) is 0.613. The number of hydrogen-bond donors (Lipinski definition) is 0. The summed E-state index contributed by atoms with van der Waals surface area (Å²) < 4.78 is 25.8. The second-order valence-electron chi connectivity index (χ2n) is 4.26. The molecule has 3 heteroatoms. The highest BCUT2D eigenvalue weighted by molar-refractivity contribution is 9.09. The summed E-state index contributed by atoms with van der Waals surface area (Å²) >= 11 is 3.41. The van der Waals surface area contributed by atoms with Crippen LogP contribution in [0.3, 0.4) is 0 Å². The first kappa shape index (κ1) is 8.92. The monoisotopic (exact) mass is 238 g/mol. The van der Waals surface area contributed by atoms with E-state index in [2.05, 4.69) is 15.9 Å². The molecule has 70 valence electrons. The fraction of sp³-hybridized carbons (Fsp3) is 1.00. The maximum atomic E-state index is 12.9. The van der Waals surface area contributed by atoms with Crippen molar-refractivity contribution in [3.8, 4) is 0 Å². The van der Waals surface area contributed by atoms with Crippen LogP contribution in [0.2, 0.25) is 0 Å². The third kappa shape index (κ3) is 1.21. The molecule has 0 saturated heterocycles. The summed E-state index contributed by atoms with van der Waals surface area (Å²) in [5.74, 6) is -1.67. The molecule has 2 rings (SSSR count). The summed E-state index contributed by atoms with van der Waals surface area (Å²) in [6, 6.07) is 0. The van der Waals surface area contributed by atoms with Gasteiger partial charge in [0.25, 0.3) is 5.92 Å². The first-order chi connectivity index (χ1) is 5.60. The number of hydrogen-bond acceptors (Lipinski definition) is 0. The lowest BCUT2D eigenvalue weighted by atomic mass is 9.80. The summed E-state index contributed by atoms with van der Waals surface area (Å²) in [5.41, 5.74) is -0.550. The van der Waals surface area contributed by atoms with Gasteiger partial charge in [-0.15, -0.1) is 0 Å². The van der Waals surface area contributed by atoms with E-state index in [1.54, 1.807) is 0 Å². The highest BCUT2D eigenvalue weighted by Gasteiger charge is 2.70. The van der Waals surface area contributed by atoms with Gasteiger partial charge in [0.1, 0.15) is 0 Å². The Hall–Kier alpha value is 0.340. The van der Waals surface area contributed by atoms with Crippen molar-refractivity contribution in [3.05, 3.63) is 0 Å². The third-order valence-corrected chi connectivity index (χ3v) is 4.41. The molecule has 2 saturated carbocycles.